The average Bonchev–Trinajstić information content (AvgIpc) is 2.69. The summed E-state index contributed by atoms with van der Waals surface area (Å²) in [6.07, 6.45) is -0.573. The molecule has 0 bridgehead atoms. The van der Waals surface area contributed by atoms with E-state index in [4.69, 9.17) is 9.84 Å². The molecule has 1 aliphatic rings. The van der Waals surface area contributed by atoms with Gasteiger partial charge < -0.3 is 20.5 Å². The summed E-state index contributed by atoms with van der Waals surface area (Å²) < 4.78 is 4.99. The molecule has 0 aromatic heterocycles. The van der Waals surface area contributed by atoms with Crippen molar-refractivity contribution in [3.05, 3.63) is 0 Å². The van der Waals surface area contributed by atoms with E-state index in [0.717, 1.165) is 6.54 Å². The van der Waals surface area contributed by atoms with Gasteiger partial charge in [-0.2, -0.15) is 0 Å². The predicted octanol–water partition coefficient (Wildman–Crippen LogP) is -0.552. The zero-order valence-corrected chi connectivity index (χ0v) is 10.2. The molecule has 0 radical (unpaired) electrons. The molecule has 1 unspecified atom stereocenters. The largest absolute Gasteiger partial charge is 0.481 e. The van der Waals surface area contributed by atoms with E-state index in [0.29, 0.717) is 12.5 Å². The number of aliphatic carboxylic acids is 1. The third-order valence-corrected chi connectivity index (χ3v) is 3.09. The van der Waals surface area contributed by atoms with Crippen LogP contribution in [0.1, 0.15) is 13.3 Å². The molecule has 98 valence electrons. The van der Waals surface area contributed by atoms with Gasteiger partial charge in [-0.15, -0.1) is 0 Å². The fourth-order valence-electron chi connectivity index (χ4n) is 1.94. The molecule has 6 heteroatoms. The van der Waals surface area contributed by atoms with Crippen LogP contribution < -0.4 is 10.6 Å². The van der Waals surface area contributed by atoms with Crippen molar-refractivity contribution in [3.8, 4) is 0 Å². The molecule has 1 heterocycles. The molecule has 3 N–H and O–H groups in total. The number of hydrogen-bond acceptors (Lipinski definition) is 4. The lowest BCUT2D eigenvalue weighted by atomic mass is 9.97. The highest BCUT2D eigenvalue weighted by atomic mass is 16.5. The summed E-state index contributed by atoms with van der Waals surface area (Å²) in [6.45, 7) is 3.80. The van der Waals surface area contributed by atoms with Gasteiger partial charge in [-0.25, -0.2) is 0 Å². The minimum Gasteiger partial charge on any atom is -0.481 e. The molecule has 0 saturated carbocycles. The van der Waals surface area contributed by atoms with Crippen molar-refractivity contribution in [2.75, 3.05) is 26.7 Å². The fraction of sp³-hybridized carbons (Fsp3) is 0.818. The molecule has 1 fully saturated rings. The summed E-state index contributed by atoms with van der Waals surface area (Å²) in [5, 5.41) is 14.5. The Morgan fingerprint density at radius 3 is 2.71 bits per heavy atom. The highest BCUT2D eigenvalue weighted by Gasteiger charge is 2.29. The Balaban J connectivity index is 2.33. The van der Waals surface area contributed by atoms with Crippen molar-refractivity contribution >= 4 is 11.9 Å². The fourth-order valence-corrected chi connectivity index (χ4v) is 1.94. The maximum Gasteiger partial charge on any atom is 0.306 e. The molecular formula is C11H20N2O4. The summed E-state index contributed by atoms with van der Waals surface area (Å²) in [5.41, 5.74) is 0. The zero-order valence-electron chi connectivity index (χ0n) is 10.2. The second-order valence-electron chi connectivity index (χ2n) is 4.44. The number of hydrogen-bond donors (Lipinski definition) is 3. The van der Waals surface area contributed by atoms with E-state index in [1.54, 1.807) is 0 Å². The highest BCUT2D eigenvalue weighted by Crippen LogP contribution is 2.15. The van der Waals surface area contributed by atoms with Crippen molar-refractivity contribution in [1.82, 2.24) is 10.6 Å². The Hall–Kier alpha value is -1.14. The van der Waals surface area contributed by atoms with Crippen LogP contribution in [0, 0.1) is 11.8 Å². The van der Waals surface area contributed by atoms with Crippen molar-refractivity contribution < 1.29 is 19.4 Å². The predicted molar refractivity (Wildman–Crippen MR) is 61.6 cm³/mol. The minimum atomic E-state index is -0.929. The van der Waals surface area contributed by atoms with Crippen LogP contribution in [0.15, 0.2) is 0 Å². The SMILES string of the molecule is COC(CNC(=O)[C@@H]1CNC[C@H]1C)CC(=O)O. The normalized spacial score (nSPS) is 25.5. The van der Waals surface area contributed by atoms with E-state index >= 15 is 0 Å². The molecule has 0 aromatic carbocycles. The summed E-state index contributed by atoms with van der Waals surface area (Å²) in [4.78, 5) is 22.3. The maximum absolute atomic E-state index is 11.8. The van der Waals surface area contributed by atoms with Crippen molar-refractivity contribution in [3.63, 3.8) is 0 Å². The van der Waals surface area contributed by atoms with Gasteiger partial charge in [-0.1, -0.05) is 6.92 Å². The maximum atomic E-state index is 11.8. The summed E-state index contributed by atoms with van der Waals surface area (Å²) in [7, 11) is 1.44. The summed E-state index contributed by atoms with van der Waals surface area (Å²) in [5.74, 6) is -0.676. The Morgan fingerprint density at radius 2 is 2.24 bits per heavy atom. The third-order valence-electron chi connectivity index (χ3n) is 3.09. The second kappa shape index (κ2) is 6.56. The van der Waals surface area contributed by atoms with E-state index in [9.17, 15) is 9.59 Å². The van der Waals surface area contributed by atoms with Gasteiger partial charge in [-0.05, 0) is 12.5 Å². The number of amides is 1. The van der Waals surface area contributed by atoms with Gasteiger partial charge in [0.15, 0.2) is 0 Å². The number of nitrogens with one attached hydrogen (secondary N) is 2. The standard InChI is InChI=1S/C11H20N2O4/c1-7-4-12-6-9(7)11(16)13-5-8(17-2)3-10(14)15/h7-9,12H,3-6H2,1-2H3,(H,13,16)(H,14,15)/t7-,8?,9-/m1/s1. The number of carboxylic acid groups (broad SMARTS) is 1. The summed E-state index contributed by atoms with van der Waals surface area (Å²) in [6, 6.07) is 0. The van der Waals surface area contributed by atoms with Gasteiger partial charge in [0.2, 0.25) is 5.91 Å². The Labute approximate surface area is 101 Å². The molecule has 3 atom stereocenters. The molecule has 6 nitrogen and oxygen atoms in total. The number of carbonyl (C=O) groups excluding carboxylic acids is 1. The molecule has 0 aromatic rings. The molecule has 1 aliphatic heterocycles. The summed E-state index contributed by atoms with van der Waals surface area (Å²) >= 11 is 0. The lowest BCUT2D eigenvalue weighted by Gasteiger charge is -2.17. The third kappa shape index (κ3) is 4.32. The second-order valence-corrected chi connectivity index (χ2v) is 4.44. The molecule has 1 rings (SSSR count). The number of ether oxygens (including phenoxy) is 1. The van der Waals surface area contributed by atoms with E-state index in [1.807, 2.05) is 6.92 Å². The Bertz CT molecular complexity index is 283. The van der Waals surface area contributed by atoms with Crippen LogP contribution in [-0.4, -0.2) is 49.8 Å². The molecule has 1 amide bonds. The zero-order chi connectivity index (χ0) is 12.8. The molecule has 0 aliphatic carbocycles. The Morgan fingerprint density at radius 1 is 1.53 bits per heavy atom. The van der Waals surface area contributed by atoms with Crippen LogP contribution in [0.2, 0.25) is 0 Å². The van der Waals surface area contributed by atoms with Gasteiger partial charge in [0, 0.05) is 20.2 Å². The average molecular weight is 244 g/mol. The first-order chi connectivity index (χ1) is 8.04. The number of carbonyl (C=O) groups is 2. The van der Waals surface area contributed by atoms with Crippen LogP contribution in [-0.2, 0) is 14.3 Å². The quantitative estimate of drug-likeness (QED) is 0.583. The molecule has 0 spiro atoms. The van der Waals surface area contributed by atoms with E-state index < -0.39 is 12.1 Å². The van der Waals surface area contributed by atoms with E-state index in [2.05, 4.69) is 10.6 Å². The molecule has 17 heavy (non-hydrogen) atoms. The van der Waals surface area contributed by atoms with Crippen LogP contribution in [0.5, 0.6) is 0 Å². The number of methoxy groups -OCH3 is 1. The van der Waals surface area contributed by atoms with Gasteiger partial charge >= 0.3 is 5.97 Å². The van der Waals surface area contributed by atoms with Gasteiger partial charge in [0.05, 0.1) is 18.4 Å². The minimum absolute atomic E-state index is 0.0302. The van der Waals surface area contributed by atoms with Crippen LogP contribution in [0.4, 0.5) is 0 Å². The topological polar surface area (TPSA) is 87.7 Å². The van der Waals surface area contributed by atoms with E-state index in [1.165, 1.54) is 7.11 Å². The van der Waals surface area contributed by atoms with Crippen LogP contribution >= 0.6 is 0 Å². The Kier molecular flexibility index (Phi) is 5.37. The van der Waals surface area contributed by atoms with Gasteiger partial charge in [0.25, 0.3) is 0 Å². The van der Waals surface area contributed by atoms with Crippen LogP contribution in [0.25, 0.3) is 0 Å². The first-order valence-electron chi connectivity index (χ1n) is 5.77. The molecule has 1 saturated heterocycles. The lowest BCUT2D eigenvalue weighted by Crippen LogP contribution is -2.39. The highest BCUT2D eigenvalue weighted by molar-refractivity contribution is 5.79. The smallest absolute Gasteiger partial charge is 0.306 e. The van der Waals surface area contributed by atoms with Crippen molar-refractivity contribution in [2.24, 2.45) is 11.8 Å². The number of carboxylic acids is 1. The monoisotopic (exact) mass is 244 g/mol. The number of rotatable bonds is 6. The first-order valence-corrected chi connectivity index (χ1v) is 5.77. The van der Waals surface area contributed by atoms with Gasteiger partial charge in [0.1, 0.15) is 0 Å². The van der Waals surface area contributed by atoms with Crippen LogP contribution in [0.3, 0.4) is 0 Å². The first kappa shape index (κ1) is 13.9. The molecular weight excluding hydrogens is 224 g/mol. The van der Waals surface area contributed by atoms with Gasteiger partial charge in [-0.3, -0.25) is 9.59 Å². The lowest BCUT2D eigenvalue weighted by molar-refractivity contribution is -0.140. The van der Waals surface area contributed by atoms with E-state index in [-0.39, 0.29) is 24.8 Å². The van der Waals surface area contributed by atoms with Crippen molar-refractivity contribution in [2.45, 2.75) is 19.4 Å². The van der Waals surface area contributed by atoms with Crippen molar-refractivity contribution in [1.29, 1.82) is 0 Å².